The van der Waals surface area contributed by atoms with Gasteiger partial charge >= 0.3 is 13.1 Å². The van der Waals surface area contributed by atoms with Gasteiger partial charge in [-0.25, -0.2) is 4.79 Å². The lowest BCUT2D eigenvalue weighted by atomic mass is 9.75. The Labute approximate surface area is 139 Å². The third kappa shape index (κ3) is 4.10. The maximum atomic E-state index is 11.8. The lowest BCUT2D eigenvalue weighted by molar-refractivity contribution is -0.0982. The van der Waals surface area contributed by atoms with Gasteiger partial charge in [-0.05, 0) is 67.6 Å². The van der Waals surface area contributed by atoms with Crippen molar-refractivity contribution in [2.24, 2.45) is 0 Å². The number of carbonyl (C=O) groups is 1. The summed E-state index contributed by atoms with van der Waals surface area (Å²) in [5.74, 6) is -0.509. The highest BCUT2D eigenvalue weighted by Gasteiger charge is 2.39. The highest BCUT2D eigenvalue weighted by Crippen LogP contribution is 2.26. The molecular formula is C15H22BBrO5. The Morgan fingerprint density at radius 3 is 2.27 bits per heavy atom. The van der Waals surface area contributed by atoms with Gasteiger partial charge in [0.25, 0.3) is 0 Å². The number of esters is 1. The SMILES string of the molecule is COC(=O)c1cc(B(O)OC(C)(C)C(C)(C)O)cc(C)c1Br. The Bertz CT molecular complexity index is 566. The predicted molar refractivity (Wildman–Crippen MR) is 89.3 cm³/mol. The van der Waals surface area contributed by atoms with Gasteiger partial charge in [0.1, 0.15) is 0 Å². The number of aliphatic hydroxyl groups is 1. The fraction of sp³-hybridized carbons (Fsp3) is 0.533. The van der Waals surface area contributed by atoms with E-state index in [0.29, 0.717) is 15.5 Å². The first kappa shape index (κ1) is 19.2. The molecule has 0 saturated carbocycles. The molecule has 1 aromatic rings. The maximum absolute atomic E-state index is 11.8. The molecule has 0 aliphatic rings. The number of ether oxygens (including phenoxy) is 1. The average molecular weight is 373 g/mol. The second-order valence-electron chi connectivity index (χ2n) is 6.23. The number of aryl methyl sites for hydroxylation is 1. The lowest BCUT2D eigenvalue weighted by Gasteiger charge is -2.38. The van der Waals surface area contributed by atoms with Crippen LogP contribution in [0, 0.1) is 6.92 Å². The number of carbonyl (C=O) groups excluding carboxylic acids is 1. The molecule has 5 nitrogen and oxygen atoms in total. The number of hydrogen-bond acceptors (Lipinski definition) is 5. The standard InChI is InChI=1S/C15H22BBrO5/c1-9-7-10(8-11(12(9)17)13(18)21-6)16(20)22-15(4,5)14(2,3)19/h7-8,19-20H,1-6H3. The van der Waals surface area contributed by atoms with E-state index in [2.05, 4.69) is 15.9 Å². The molecule has 0 amide bonds. The summed E-state index contributed by atoms with van der Waals surface area (Å²) in [4.78, 5) is 11.8. The van der Waals surface area contributed by atoms with E-state index in [-0.39, 0.29) is 0 Å². The Kier molecular flexibility index (Phi) is 5.84. The maximum Gasteiger partial charge on any atom is 0.491 e. The first-order chi connectivity index (χ1) is 9.90. The summed E-state index contributed by atoms with van der Waals surface area (Å²) in [6.45, 7) is 8.37. The Morgan fingerprint density at radius 2 is 1.82 bits per heavy atom. The Morgan fingerprint density at radius 1 is 1.27 bits per heavy atom. The second kappa shape index (κ2) is 6.70. The molecule has 2 N–H and O–H groups in total. The largest absolute Gasteiger partial charge is 0.491 e. The van der Waals surface area contributed by atoms with Crippen LogP contribution >= 0.6 is 15.9 Å². The smallest absolute Gasteiger partial charge is 0.465 e. The summed E-state index contributed by atoms with van der Waals surface area (Å²) in [7, 11) is 0.0119. The molecule has 0 spiro atoms. The summed E-state index contributed by atoms with van der Waals surface area (Å²) in [6.07, 6.45) is 0. The van der Waals surface area contributed by atoms with Crippen LogP contribution in [0.4, 0.5) is 0 Å². The van der Waals surface area contributed by atoms with E-state index in [0.717, 1.165) is 5.56 Å². The van der Waals surface area contributed by atoms with Crippen molar-refractivity contribution in [1.29, 1.82) is 0 Å². The minimum Gasteiger partial charge on any atom is -0.465 e. The Balaban J connectivity index is 3.17. The number of rotatable bonds is 5. The molecule has 0 unspecified atom stereocenters. The lowest BCUT2D eigenvalue weighted by Crippen LogP contribution is -2.53. The van der Waals surface area contributed by atoms with E-state index in [9.17, 15) is 14.9 Å². The zero-order chi connectivity index (χ0) is 17.3. The van der Waals surface area contributed by atoms with Gasteiger partial charge in [0.05, 0.1) is 23.9 Å². The first-order valence-corrected chi connectivity index (χ1v) is 7.66. The molecule has 0 aliphatic carbocycles. The zero-order valence-corrected chi connectivity index (χ0v) is 15.3. The number of benzene rings is 1. The van der Waals surface area contributed by atoms with Gasteiger partial charge in [-0.15, -0.1) is 0 Å². The van der Waals surface area contributed by atoms with Gasteiger partial charge in [-0.3, -0.25) is 0 Å². The summed E-state index contributed by atoms with van der Waals surface area (Å²) in [6, 6.07) is 3.22. The van der Waals surface area contributed by atoms with Crippen LogP contribution in [0.15, 0.2) is 16.6 Å². The molecule has 0 atom stereocenters. The monoisotopic (exact) mass is 372 g/mol. The van der Waals surface area contributed by atoms with Crippen molar-refractivity contribution in [3.8, 4) is 0 Å². The summed E-state index contributed by atoms with van der Waals surface area (Å²) < 4.78 is 10.9. The van der Waals surface area contributed by atoms with E-state index < -0.39 is 24.3 Å². The van der Waals surface area contributed by atoms with Crippen molar-refractivity contribution in [1.82, 2.24) is 0 Å². The van der Waals surface area contributed by atoms with Crippen LogP contribution in [-0.2, 0) is 9.39 Å². The van der Waals surface area contributed by atoms with Crippen LogP contribution in [0.1, 0.15) is 43.6 Å². The molecule has 7 heteroatoms. The summed E-state index contributed by atoms with van der Waals surface area (Å²) in [5, 5.41) is 20.4. The molecular weight excluding hydrogens is 351 g/mol. The van der Waals surface area contributed by atoms with E-state index in [1.807, 2.05) is 0 Å². The molecule has 0 bridgehead atoms. The van der Waals surface area contributed by atoms with Gasteiger partial charge in [0, 0.05) is 4.47 Å². The van der Waals surface area contributed by atoms with Gasteiger partial charge in [-0.2, -0.15) is 0 Å². The zero-order valence-electron chi connectivity index (χ0n) is 13.7. The highest BCUT2D eigenvalue weighted by atomic mass is 79.9. The van der Waals surface area contributed by atoms with Crippen LogP contribution in [0.25, 0.3) is 0 Å². The summed E-state index contributed by atoms with van der Waals surface area (Å²) >= 11 is 3.33. The van der Waals surface area contributed by atoms with Crippen LogP contribution in [0.3, 0.4) is 0 Å². The van der Waals surface area contributed by atoms with E-state index in [4.69, 9.17) is 9.39 Å². The molecule has 1 rings (SSSR count). The van der Waals surface area contributed by atoms with Gasteiger partial charge < -0.3 is 19.5 Å². The normalized spacial score (nSPS) is 12.2. The van der Waals surface area contributed by atoms with Crippen molar-refractivity contribution in [3.63, 3.8) is 0 Å². The van der Waals surface area contributed by atoms with Crippen molar-refractivity contribution in [2.45, 2.75) is 45.8 Å². The minimum absolute atomic E-state index is 0.307. The van der Waals surface area contributed by atoms with Crippen molar-refractivity contribution in [2.75, 3.05) is 7.11 Å². The first-order valence-electron chi connectivity index (χ1n) is 6.87. The third-order valence-corrected chi connectivity index (χ3v) is 4.90. The van der Waals surface area contributed by atoms with Crippen molar-refractivity contribution < 1.29 is 24.3 Å². The fourth-order valence-corrected chi connectivity index (χ4v) is 2.08. The molecule has 22 heavy (non-hydrogen) atoms. The fourth-order valence-electron chi connectivity index (χ4n) is 1.69. The highest BCUT2D eigenvalue weighted by molar-refractivity contribution is 9.10. The second-order valence-corrected chi connectivity index (χ2v) is 7.02. The third-order valence-electron chi connectivity index (χ3n) is 3.85. The van der Waals surface area contributed by atoms with Crippen LogP contribution in [0.2, 0.25) is 0 Å². The molecule has 1 aromatic carbocycles. The number of methoxy groups -OCH3 is 1. The molecule has 0 radical (unpaired) electrons. The van der Waals surface area contributed by atoms with Crippen LogP contribution < -0.4 is 5.46 Å². The molecule has 0 saturated heterocycles. The molecule has 0 aromatic heterocycles. The van der Waals surface area contributed by atoms with Crippen molar-refractivity contribution >= 4 is 34.5 Å². The predicted octanol–water partition coefficient (Wildman–Crippen LogP) is 1.80. The molecule has 0 fully saturated rings. The minimum atomic E-state index is -1.28. The average Bonchev–Trinajstić information content (AvgIpc) is 2.38. The molecule has 0 heterocycles. The van der Waals surface area contributed by atoms with Gasteiger partial charge in [0.15, 0.2) is 0 Å². The quantitative estimate of drug-likeness (QED) is 0.608. The molecule has 122 valence electrons. The Hall–Kier alpha value is -0.885. The number of hydrogen-bond donors (Lipinski definition) is 2. The van der Waals surface area contributed by atoms with Gasteiger partial charge in [0.2, 0.25) is 0 Å². The van der Waals surface area contributed by atoms with E-state index in [1.54, 1.807) is 40.7 Å². The van der Waals surface area contributed by atoms with E-state index in [1.165, 1.54) is 13.2 Å². The topological polar surface area (TPSA) is 76.0 Å². The van der Waals surface area contributed by atoms with E-state index >= 15 is 0 Å². The van der Waals surface area contributed by atoms with Crippen LogP contribution in [0.5, 0.6) is 0 Å². The van der Waals surface area contributed by atoms with Gasteiger partial charge in [-0.1, -0.05) is 6.07 Å². The van der Waals surface area contributed by atoms with Crippen molar-refractivity contribution in [3.05, 3.63) is 27.7 Å². The van der Waals surface area contributed by atoms with Crippen LogP contribution in [-0.4, -0.2) is 41.5 Å². The number of halogens is 1. The molecule has 0 aliphatic heterocycles. The summed E-state index contributed by atoms with van der Waals surface area (Å²) in [5.41, 5.74) is -0.649.